The number of hydrogen-bond acceptors (Lipinski definition) is 9. The van der Waals surface area contributed by atoms with E-state index in [1.165, 1.54) is 12.3 Å². The molecule has 1 unspecified atom stereocenters. The maximum Gasteiger partial charge on any atom is 0.351 e. The first-order valence-corrected chi connectivity index (χ1v) is 8.29. The third-order valence-corrected chi connectivity index (χ3v) is 4.19. The summed E-state index contributed by atoms with van der Waals surface area (Å²) in [6.07, 6.45) is -1.77. The number of carbonyl (C=O) groups is 1. The van der Waals surface area contributed by atoms with Gasteiger partial charge in [-0.25, -0.2) is 4.79 Å². The van der Waals surface area contributed by atoms with Gasteiger partial charge in [0.25, 0.3) is 0 Å². The first kappa shape index (κ1) is 20.3. The Bertz CT molecular complexity index is 668. The van der Waals surface area contributed by atoms with Gasteiger partial charge in [0.15, 0.2) is 6.23 Å². The Morgan fingerprint density at radius 1 is 1.38 bits per heavy atom. The number of rotatable bonds is 9. The standard InChI is InChI=1S/C15H24N4O7/c16-8(14(23)24)3-1-2-5-17-10-4-6-19(15(25)18-10)13-12(22)11(21)9(7-20)26-13/h4,6,8-9,11-13,20-22H,1-3,5,7,16H2,(H,23,24)(H,17,18,25)/t8?,9-,11-,12-,13-/m0/s1. The molecular formula is C15H24N4O7. The number of aromatic nitrogens is 2. The first-order chi connectivity index (χ1) is 12.3. The molecule has 1 aliphatic heterocycles. The van der Waals surface area contributed by atoms with Crippen molar-refractivity contribution in [3.63, 3.8) is 0 Å². The van der Waals surface area contributed by atoms with Crippen molar-refractivity contribution in [1.82, 2.24) is 9.55 Å². The second-order valence-electron chi connectivity index (χ2n) is 6.10. The molecule has 1 aromatic rings. The van der Waals surface area contributed by atoms with Gasteiger partial charge >= 0.3 is 11.7 Å². The van der Waals surface area contributed by atoms with Crippen LogP contribution in [-0.2, 0) is 9.53 Å². The topological polar surface area (TPSA) is 180 Å². The molecule has 0 amide bonds. The molecule has 0 spiro atoms. The molecule has 0 aromatic carbocycles. The number of anilines is 1. The Morgan fingerprint density at radius 2 is 2.12 bits per heavy atom. The lowest BCUT2D eigenvalue weighted by Gasteiger charge is -2.17. The highest BCUT2D eigenvalue weighted by molar-refractivity contribution is 5.72. The number of nitrogens with zero attached hydrogens (tertiary/aromatic N) is 2. The summed E-state index contributed by atoms with van der Waals surface area (Å²) >= 11 is 0. The number of aliphatic carboxylic acids is 1. The zero-order valence-electron chi connectivity index (χ0n) is 14.1. The number of ether oxygens (including phenoxy) is 1. The van der Waals surface area contributed by atoms with Crippen LogP contribution in [0.2, 0.25) is 0 Å². The lowest BCUT2D eigenvalue weighted by atomic mass is 10.1. The Morgan fingerprint density at radius 3 is 2.69 bits per heavy atom. The van der Waals surface area contributed by atoms with E-state index in [0.29, 0.717) is 31.6 Å². The summed E-state index contributed by atoms with van der Waals surface area (Å²) < 4.78 is 6.33. The van der Waals surface area contributed by atoms with Gasteiger partial charge in [0.1, 0.15) is 30.2 Å². The second kappa shape index (κ2) is 9.05. The van der Waals surface area contributed by atoms with E-state index in [1.54, 1.807) is 0 Å². The van der Waals surface area contributed by atoms with E-state index in [1.807, 2.05) is 0 Å². The predicted molar refractivity (Wildman–Crippen MR) is 89.5 cm³/mol. The minimum Gasteiger partial charge on any atom is -0.480 e. The van der Waals surface area contributed by atoms with Gasteiger partial charge in [0, 0.05) is 12.7 Å². The fraction of sp³-hybridized carbons (Fsp3) is 0.667. The largest absolute Gasteiger partial charge is 0.480 e. The number of carboxylic acids is 1. The average Bonchev–Trinajstić information content (AvgIpc) is 2.89. The van der Waals surface area contributed by atoms with Crippen molar-refractivity contribution in [2.45, 2.75) is 49.8 Å². The van der Waals surface area contributed by atoms with Crippen LogP contribution in [-0.4, -0.2) is 73.5 Å². The number of aliphatic hydroxyl groups is 3. The van der Waals surface area contributed by atoms with Crippen LogP contribution in [0.5, 0.6) is 0 Å². The molecule has 7 N–H and O–H groups in total. The van der Waals surface area contributed by atoms with Gasteiger partial charge in [0.05, 0.1) is 6.61 Å². The Labute approximate surface area is 149 Å². The highest BCUT2D eigenvalue weighted by atomic mass is 16.6. The quantitative estimate of drug-likeness (QED) is 0.262. The van der Waals surface area contributed by atoms with Crippen LogP contribution >= 0.6 is 0 Å². The monoisotopic (exact) mass is 372 g/mol. The van der Waals surface area contributed by atoms with Crippen LogP contribution in [0.25, 0.3) is 0 Å². The molecular weight excluding hydrogens is 348 g/mol. The van der Waals surface area contributed by atoms with Crippen molar-refractivity contribution in [3.05, 3.63) is 22.7 Å². The number of carboxylic acid groups (broad SMARTS) is 1. The smallest absolute Gasteiger partial charge is 0.351 e. The van der Waals surface area contributed by atoms with Gasteiger partial charge in [0.2, 0.25) is 0 Å². The van der Waals surface area contributed by atoms with Crippen molar-refractivity contribution >= 4 is 11.8 Å². The predicted octanol–water partition coefficient (Wildman–Crippen LogP) is -2.15. The molecule has 11 heteroatoms. The van der Waals surface area contributed by atoms with Gasteiger partial charge in [-0.1, -0.05) is 0 Å². The van der Waals surface area contributed by atoms with E-state index in [9.17, 15) is 19.8 Å². The average molecular weight is 372 g/mol. The molecule has 26 heavy (non-hydrogen) atoms. The zero-order chi connectivity index (χ0) is 19.3. The van der Waals surface area contributed by atoms with E-state index in [-0.39, 0.29) is 0 Å². The van der Waals surface area contributed by atoms with Crippen molar-refractivity contribution in [2.24, 2.45) is 5.73 Å². The fourth-order valence-electron chi connectivity index (χ4n) is 2.64. The molecule has 0 bridgehead atoms. The van der Waals surface area contributed by atoms with Gasteiger partial charge < -0.3 is 36.2 Å². The molecule has 146 valence electrons. The first-order valence-electron chi connectivity index (χ1n) is 8.29. The summed E-state index contributed by atoms with van der Waals surface area (Å²) in [6.45, 7) is -0.00126. The van der Waals surface area contributed by atoms with Crippen LogP contribution in [0.15, 0.2) is 17.1 Å². The molecule has 0 aliphatic carbocycles. The maximum absolute atomic E-state index is 12.1. The van der Waals surface area contributed by atoms with Crippen molar-refractivity contribution in [3.8, 4) is 0 Å². The Balaban J connectivity index is 1.88. The van der Waals surface area contributed by atoms with Crippen molar-refractivity contribution < 1.29 is 30.0 Å². The normalized spacial score (nSPS) is 26.6. The summed E-state index contributed by atoms with van der Waals surface area (Å²) in [5.74, 6) is -0.714. The highest BCUT2D eigenvalue weighted by Gasteiger charge is 2.43. The number of unbranched alkanes of at least 4 members (excludes halogenated alkanes) is 1. The number of hydrogen-bond donors (Lipinski definition) is 6. The summed E-state index contributed by atoms with van der Waals surface area (Å²) in [6, 6.07) is 0.632. The lowest BCUT2D eigenvalue weighted by Crippen LogP contribution is -2.36. The van der Waals surface area contributed by atoms with E-state index in [4.69, 9.17) is 20.7 Å². The fourth-order valence-corrected chi connectivity index (χ4v) is 2.64. The van der Waals surface area contributed by atoms with Crippen molar-refractivity contribution in [1.29, 1.82) is 0 Å². The molecule has 1 fully saturated rings. The molecule has 0 saturated carbocycles. The van der Waals surface area contributed by atoms with Crippen LogP contribution in [0.4, 0.5) is 5.82 Å². The highest BCUT2D eigenvalue weighted by Crippen LogP contribution is 2.28. The van der Waals surface area contributed by atoms with E-state index in [2.05, 4.69) is 10.3 Å². The summed E-state index contributed by atoms with van der Waals surface area (Å²) in [4.78, 5) is 26.6. The molecule has 0 radical (unpaired) electrons. The maximum atomic E-state index is 12.1. The summed E-state index contributed by atoms with van der Waals surface area (Å²) in [5.41, 5.74) is 4.72. The summed E-state index contributed by atoms with van der Waals surface area (Å²) in [5, 5.41) is 40.4. The molecule has 5 atom stereocenters. The molecule has 2 rings (SSSR count). The minimum absolute atomic E-state index is 0.320. The van der Waals surface area contributed by atoms with Gasteiger partial charge in [-0.2, -0.15) is 4.98 Å². The van der Waals surface area contributed by atoms with Gasteiger partial charge in [-0.05, 0) is 25.3 Å². The van der Waals surface area contributed by atoms with E-state index < -0.39 is 48.8 Å². The number of nitrogens with one attached hydrogen (secondary N) is 1. The molecule has 11 nitrogen and oxygen atoms in total. The SMILES string of the molecule is NC(CCCCNc1ccn([C@H]2O[C@@H](CO)[C@H](O)[C@@H]2O)c(=O)n1)C(=O)O. The third kappa shape index (κ3) is 4.77. The second-order valence-corrected chi connectivity index (χ2v) is 6.10. The minimum atomic E-state index is -1.36. The Kier molecular flexibility index (Phi) is 7.06. The van der Waals surface area contributed by atoms with Crippen LogP contribution in [0.3, 0.4) is 0 Å². The zero-order valence-corrected chi connectivity index (χ0v) is 14.1. The lowest BCUT2D eigenvalue weighted by molar-refractivity contribution is -0.138. The van der Waals surface area contributed by atoms with Crippen LogP contribution < -0.4 is 16.7 Å². The summed E-state index contributed by atoms with van der Waals surface area (Å²) in [7, 11) is 0. The number of aliphatic hydroxyl groups excluding tert-OH is 3. The number of nitrogens with two attached hydrogens (primary N) is 1. The van der Waals surface area contributed by atoms with Crippen molar-refractivity contribution in [2.75, 3.05) is 18.5 Å². The van der Waals surface area contributed by atoms with E-state index >= 15 is 0 Å². The Hall–Kier alpha value is -2.05. The molecule has 1 saturated heterocycles. The van der Waals surface area contributed by atoms with Gasteiger partial charge in [-0.3, -0.25) is 9.36 Å². The van der Waals surface area contributed by atoms with Crippen LogP contribution in [0.1, 0.15) is 25.5 Å². The van der Waals surface area contributed by atoms with Crippen LogP contribution in [0, 0.1) is 0 Å². The van der Waals surface area contributed by atoms with E-state index in [0.717, 1.165) is 4.57 Å². The third-order valence-electron chi connectivity index (χ3n) is 4.19. The van der Waals surface area contributed by atoms with Gasteiger partial charge in [-0.15, -0.1) is 0 Å². The molecule has 1 aliphatic rings. The molecule has 2 heterocycles. The molecule has 1 aromatic heterocycles.